The van der Waals surface area contributed by atoms with Gasteiger partial charge in [0, 0.05) is 16.7 Å². The lowest BCUT2D eigenvalue weighted by atomic mass is 10.1. The van der Waals surface area contributed by atoms with Gasteiger partial charge in [0.15, 0.2) is 29.1 Å². The lowest BCUT2D eigenvalue weighted by Crippen LogP contribution is -2.02. The van der Waals surface area contributed by atoms with Gasteiger partial charge in [-0.1, -0.05) is 60.7 Å². The molecule has 0 aliphatic carbocycles. The van der Waals surface area contributed by atoms with Crippen LogP contribution in [0.25, 0.3) is 34.2 Å². The zero-order valence-corrected chi connectivity index (χ0v) is 14.5. The van der Waals surface area contributed by atoms with Gasteiger partial charge in [-0.2, -0.15) is 5.26 Å². The molecule has 4 nitrogen and oxygen atoms in total. The first-order valence-corrected chi connectivity index (χ1v) is 8.42. The number of benzene rings is 3. The first kappa shape index (κ1) is 17.4. The number of nitriles is 1. The van der Waals surface area contributed by atoms with E-state index >= 15 is 0 Å². The van der Waals surface area contributed by atoms with E-state index < -0.39 is 11.6 Å². The summed E-state index contributed by atoms with van der Waals surface area (Å²) in [7, 11) is 0. The van der Waals surface area contributed by atoms with Gasteiger partial charge in [-0.15, -0.1) is 0 Å². The molecule has 0 aliphatic rings. The molecule has 134 valence electrons. The Morgan fingerprint density at radius 2 is 1.11 bits per heavy atom. The predicted molar refractivity (Wildman–Crippen MR) is 101 cm³/mol. The lowest BCUT2D eigenvalue weighted by molar-refractivity contribution is 0.508. The van der Waals surface area contributed by atoms with Crippen LogP contribution in [0.2, 0.25) is 0 Å². The summed E-state index contributed by atoms with van der Waals surface area (Å²) in [4.78, 5) is 13.4. The molecule has 0 N–H and O–H groups in total. The van der Waals surface area contributed by atoms with Crippen LogP contribution in [0.4, 0.5) is 8.78 Å². The van der Waals surface area contributed by atoms with Gasteiger partial charge in [0.25, 0.3) is 0 Å². The standard InChI is InChI=1S/C22H12F2N4/c23-18-11-16(13-25)17(12-19(18)24)22-27-20(14-7-3-1-4-8-14)26-21(28-22)15-9-5-2-6-10-15/h1-12H. The minimum Gasteiger partial charge on any atom is -0.208 e. The van der Waals surface area contributed by atoms with Crippen molar-refractivity contribution >= 4 is 0 Å². The van der Waals surface area contributed by atoms with Crippen LogP contribution in [0.1, 0.15) is 5.56 Å². The molecule has 0 bridgehead atoms. The summed E-state index contributed by atoms with van der Waals surface area (Å²) >= 11 is 0. The SMILES string of the molecule is N#Cc1cc(F)c(F)cc1-c1nc(-c2ccccc2)nc(-c2ccccc2)n1. The molecule has 0 saturated carbocycles. The maximum Gasteiger partial charge on any atom is 0.165 e. The largest absolute Gasteiger partial charge is 0.208 e. The molecule has 0 fully saturated rings. The second-order valence-corrected chi connectivity index (χ2v) is 5.96. The third-order valence-electron chi connectivity index (χ3n) is 4.12. The van der Waals surface area contributed by atoms with Crippen LogP contribution in [0.3, 0.4) is 0 Å². The van der Waals surface area contributed by atoms with Crippen molar-refractivity contribution in [3.8, 4) is 40.2 Å². The number of aromatic nitrogens is 3. The number of halogens is 2. The molecular formula is C22H12F2N4. The van der Waals surface area contributed by atoms with Gasteiger partial charge in [0.2, 0.25) is 0 Å². The van der Waals surface area contributed by atoms with E-state index in [2.05, 4.69) is 15.0 Å². The third kappa shape index (κ3) is 3.33. The summed E-state index contributed by atoms with van der Waals surface area (Å²) in [6.45, 7) is 0. The molecule has 28 heavy (non-hydrogen) atoms. The van der Waals surface area contributed by atoms with Crippen molar-refractivity contribution in [2.24, 2.45) is 0 Å². The van der Waals surface area contributed by atoms with Crippen LogP contribution >= 0.6 is 0 Å². The summed E-state index contributed by atoms with van der Waals surface area (Å²) < 4.78 is 27.4. The molecule has 0 radical (unpaired) electrons. The lowest BCUT2D eigenvalue weighted by Gasteiger charge is -2.09. The highest BCUT2D eigenvalue weighted by Crippen LogP contribution is 2.27. The number of nitrogens with zero attached hydrogens (tertiary/aromatic N) is 4. The highest BCUT2D eigenvalue weighted by atomic mass is 19.2. The first-order chi connectivity index (χ1) is 13.7. The Balaban J connectivity index is 1.98. The Morgan fingerprint density at radius 1 is 0.643 bits per heavy atom. The molecule has 0 saturated heterocycles. The highest BCUT2D eigenvalue weighted by Gasteiger charge is 2.17. The number of hydrogen-bond acceptors (Lipinski definition) is 4. The molecule has 1 heterocycles. The van der Waals surface area contributed by atoms with Crippen LogP contribution in [0.5, 0.6) is 0 Å². The third-order valence-corrected chi connectivity index (χ3v) is 4.12. The van der Waals surface area contributed by atoms with Crippen molar-refractivity contribution in [1.29, 1.82) is 5.26 Å². The molecule has 0 aliphatic heterocycles. The maximum atomic E-state index is 13.9. The fraction of sp³-hybridized carbons (Fsp3) is 0. The molecule has 0 spiro atoms. The second kappa shape index (κ2) is 7.33. The van der Waals surface area contributed by atoms with E-state index in [0.717, 1.165) is 23.3 Å². The van der Waals surface area contributed by atoms with E-state index in [0.29, 0.717) is 11.6 Å². The van der Waals surface area contributed by atoms with Crippen molar-refractivity contribution in [3.05, 3.63) is 90.0 Å². The van der Waals surface area contributed by atoms with Gasteiger partial charge >= 0.3 is 0 Å². The molecular weight excluding hydrogens is 358 g/mol. The van der Waals surface area contributed by atoms with E-state index in [4.69, 9.17) is 0 Å². The van der Waals surface area contributed by atoms with Crippen molar-refractivity contribution in [3.63, 3.8) is 0 Å². The van der Waals surface area contributed by atoms with Gasteiger partial charge in [-0.25, -0.2) is 23.7 Å². The highest BCUT2D eigenvalue weighted by molar-refractivity contribution is 5.70. The quantitative estimate of drug-likeness (QED) is 0.508. The van der Waals surface area contributed by atoms with Gasteiger partial charge < -0.3 is 0 Å². The molecule has 0 amide bonds. The summed E-state index contributed by atoms with van der Waals surface area (Å²) in [6.07, 6.45) is 0. The average Bonchev–Trinajstić information content (AvgIpc) is 2.76. The number of rotatable bonds is 3. The Kier molecular flexibility index (Phi) is 4.56. The van der Waals surface area contributed by atoms with Crippen LogP contribution in [-0.2, 0) is 0 Å². The molecule has 3 aromatic carbocycles. The monoisotopic (exact) mass is 370 g/mol. The van der Waals surface area contributed by atoms with Crippen molar-refractivity contribution in [2.75, 3.05) is 0 Å². The topological polar surface area (TPSA) is 62.5 Å². The maximum absolute atomic E-state index is 13.9. The molecule has 6 heteroatoms. The van der Waals surface area contributed by atoms with Crippen LogP contribution in [0, 0.1) is 23.0 Å². The average molecular weight is 370 g/mol. The predicted octanol–water partition coefficient (Wildman–Crippen LogP) is 5.02. The van der Waals surface area contributed by atoms with E-state index in [1.54, 1.807) is 0 Å². The summed E-state index contributed by atoms with van der Waals surface area (Å²) in [5, 5.41) is 9.36. The Bertz CT molecular complexity index is 1130. The Labute approximate surface area is 159 Å². The zero-order valence-electron chi connectivity index (χ0n) is 14.5. The van der Waals surface area contributed by atoms with E-state index in [9.17, 15) is 14.0 Å². The first-order valence-electron chi connectivity index (χ1n) is 8.42. The van der Waals surface area contributed by atoms with Crippen LogP contribution in [0.15, 0.2) is 72.8 Å². The van der Waals surface area contributed by atoms with Gasteiger partial charge in [-0.05, 0) is 12.1 Å². The van der Waals surface area contributed by atoms with Crippen molar-refractivity contribution in [2.45, 2.75) is 0 Å². The fourth-order valence-corrected chi connectivity index (χ4v) is 2.75. The van der Waals surface area contributed by atoms with Crippen molar-refractivity contribution in [1.82, 2.24) is 15.0 Å². The normalized spacial score (nSPS) is 10.5. The molecule has 4 aromatic rings. The zero-order chi connectivity index (χ0) is 19.5. The molecule has 1 aromatic heterocycles. The smallest absolute Gasteiger partial charge is 0.165 e. The van der Waals surface area contributed by atoms with Crippen LogP contribution in [-0.4, -0.2) is 15.0 Å². The second-order valence-electron chi connectivity index (χ2n) is 5.96. The van der Waals surface area contributed by atoms with E-state index in [1.807, 2.05) is 66.7 Å². The molecule has 0 atom stereocenters. The van der Waals surface area contributed by atoms with Gasteiger partial charge in [0.05, 0.1) is 5.56 Å². The van der Waals surface area contributed by atoms with Gasteiger partial charge in [-0.3, -0.25) is 0 Å². The summed E-state index contributed by atoms with van der Waals surface area (Å²) in [5.74, 6) is -1.32. The van der Waals surface area contributed by atoms with E-state index in [1.165, 1.54) is 0 Å². The fourth-order valence-electron chi connectivity index (χ4n) is 2.75. The summed E-state index contributed by atoms with van der Waals surface area (Å²) in [5.41, 5.74) is 1.54. The molecule has 0 unspecified atom stereocenters. The van der Waals surface area contributed by atoms with E-state index in [-0.39, 0.29) is 17.0 Å². The molecule has 4 rings (SSSR count). The van der Waals surface area contributed by atoms with Gasteiger partial charge in [0.1, 0.15) is 6.07 Å². The Hall–Kier alpha value is -3.98. The summed E-state index contributed by atoms with van der Waals surface area (Å²) in [6, 6.07) is 22.1. The van der Waals surface area contributed by atoms with Crippen LogP contribution < -0.4 is 0 Å². The number of hydrogen-bond donors (Lipinski definition) is 0. The van der Waals surface area contributed by atoms with Crippen molar-refractivity contribution < 1.29 is 8.78 Å². The minimum atomic E-state index is -1.10. The Morgan fingerprint density at radius 3 is 1.61 bits per heavy atom. The minimum absolute atomic E-state index is 0.0527.